The first-order valence-electron chi connectivity index (χ1n) is 4.98. The Kier molecular flexibility index (Phi) is 1.91. The van der Waals surface area contributed by atoms with Crippen LogP contribution in [0, 0.1) is 0 Å². The van der Waals surface area contributed by atoms with Crippen molar-refractivity contribution in [1.82, 2.24) is 9.97 Å². The van der Waals surface area contributed by atoms with Gasteiger partial charge in [0.05, 0.1) is 6.54 Å². The quantitative estimate of drug-likeness (QED) is 0.801. The molecule has 15 heavy (non-hydrogen) atoms. The molecule has 4 nitrogen and oxygen atoms in total. The second kappa shape index (κ2) is 3.38. The molecule has 1 N–H and O–H groups in total. The van der Waals surface area contributed by atoms with Crippen LogP contribution in [0.5, 0.6) is 0 Å². The van der Waals surface area contributed by atoms with Crippen molar-refractivity contribution in [2.24, 2.45) is 4.99 Å². The first-order chi connectivity index (χ1) is 7.43. The summed E-state index contributed by atoms with van der Waals surface area (Å²) >= 11 is 0. The molecular formula is C11H11N3O. The fourth-order valence-corrected chi connectivity index (χ4v) is 1.87. The highest BCUT2D eigenvalue weighted by Gasteiger charge is 2.15. The number of nitrogens with one attached hydrogen (secondary N) is 1. The van der Waals surface area contributed by atoms with Crippen LogP contribution in [0.3, 0.4) is 0 Å². The van der Waals surface area contributed by atoms with E-state index in [0.717, 1.165) is 18.6 Å². The molecule has 2 aromatic rings. The summed E-state index contributed by atoms with van der Waals surface area (Å²) < 4.78 is 5.35. The Bertz CT molecular complexity index is 495. The monoisotopic (exact) mass is 201 g/mol. The fourth-order valence-electron chi connectivity index (χ4n) is 1.87. The van der Waals surface area contributed by atoms with Crippen molar-refractivity contribution in [3.05, 3.63) is 30.1 Å². The van der Waals surface area contributed by atoms with Gasteiger partial charge in [-0.15, -0.1) is 0 Å². The zero-order valence-electron chi connectivity index (χ0n) is 8.18. The fraction of sp³-hybridized carbons (Fsp3) is 0.273. The van der Waals surface area contributed by atoms with E-state index >= 15 is 0 Å². The normalized spacial score (nSPS) is 19.6. The van der Waals surface area contributed by atoms with Gasteiger partial charge in [0.15, 0.2) is 6.40 Å². The number of aromatic amines is 1. The molecule has 0 saturated heterocycles. The van der Waals surface area contributed by atoms with Crippen molar-refractivity contribution < 1.29 is 4.74 Å². The summed E-state index contributed by atoms with van der Waals surface area (Å²) in [5.74, 6) is 0. The second-order valence-corrected chi connectivity index (χ2v) is 3.65. The lowest BCUT2D eigenvalue weighted by Crippen LogP contribution is -2.13. The zero-order chi connectivity index (χ0) is 10.1. The average molecular weight is 201 g/mol. The van der Waals surface area contributed by atoms with Crippen molar-refractivity contribution in [3.63, 3.8) is 0 Å². The summed E-state index contributed by atoms with van der Waals surface area (Å²) in [4.78, 5) is 11.5. The van der Waals surface area contributed by atoms with E-state index in [2.05, 4.69) is 21.0 Å². The van der Waals surface area contributed by atoms with Gasteiger partial charge in [-0.05, 0) is 17.7 Å². The number of H-pyrrole nitrogens is 1. The highest BCUT2D eigenvalue weighted by Crippen LogP contribution is 2.18. The van der Waals surface area contributed by atoms with E-state index in [9.17, 15) is 0 Å². The molecular weight excluding hydrogens is 190 g/mol. The van der Waals surface area contributed by atoms with Crippen LogP contribution < -0.4 is 0 Å². The second-order valence-electron chi connectivity index (χ2n) is 3.65. The molecule has 0 aromatic carbocycles. The Labute approximate surface area is 87.0 Å². The molecule has 3 rings (SSSR count). The van der Waals surface area contributed by atoms with Crippen LogP contribution in [-0.2, 0) is 11.2 Å². The number of hydrogen-bond donors (Lipinski definition) is 1. The zero-order valence-corrected chi connectivity index (χ0v) is 8.18. The number of rotatable bonds is 2. The molecule has 0 amide bonds. The Morgan fingerprint density at radius 1 is 1.53 bits per heavy atom. The summed E-state index contributed by atoms with van der Waals surface area (Å²) in [6.07, 6.45) is 6.39. The van der Waals surface area contributed by atoms with Gasteiger partial charge in [0.2, 0.25) is 0 Å². The molecule has 0 saturated carbocycles. The van der Waals surface area contributed by atoms with Crippen LogP contribution in [0.25, 0.3) is 11.0 Å². The van der Waals surface area contributed by atoms with Gasteiger partial charge in [0, 0.05) is 24.2 Å². The number of hydrogen-bond acceptors (Lipinski definition) is 3. The maximum atomic E-state index is 5.35. The van der Waals surface area contributed by atoms with Crippen molar-refractivity contribution in [1.29, 1.82) is 0 Å². The minimum absolute atomic E-state index is 0.184. The Morgan fingerprint density at radius 3 is 3.40 bits per heavy atom. The highest BCUT2D eigenvalue weighted by molar-refractivity contribution is 5.79. The number of nitrogens with zero attached hydrogens (tertiary/aromatic N) is 2. The van der Waals surface area contributed by atoms with E-state index in [1.807, 2.05) is 12.3 Å². The van der Waals surface area contributed by atoms with E-state index in [1.165, 1.54) is 17.4 Å². The molecule has 76 valence electrons. The van der Waals surface area contributed by atoms with Crippen molar-refractivity contribution >= 4 is 17.4 Å². The Hall–Kier alpha value is -1.84. The third-order valence-corrected chi connectivity index (χ3v) is 2.62. The van der Waals surface area contributed by atoms with Gasteiger partial charge < -0.3 is 9.72 Å². The lowest BCUT2D eigenvalue weighted by Gasteiger charge is -2.06. The largest absolute Gasteiger partial charge is 0.478 e. The predicted molar refractivity (Wildman–Crippen MR) is 58.0 cm³/mol. The van der Waals surface area contributed by atoms with Crippen LogP contribution in [0.4, 0.5) is 0 Å². The van der Waals surface area contributed by atoms with Crippen molar-refractivity contribution in [3.8, 4) is 0 Å². The summed E-state index contributed by atoms with van der Waals surface area (Å²) in [6, 6.07) is 4.02. The minimum atomic E-state index is 0.184. The number of aromatic nitrogens is 2. The molecule has 4 heteroatoms. The molecule has 1 unspecified atom stereocenters. The molecule has 0 fully saturated rings. The maximum Gasteiger partial charge on any atom is 0.170 e. The van der Waals surface area contributed by atoms with Crippen molar-refractivity contribution in [2.45, 2.75) is 12.5 Å². The number of ether oxygens (including phenoxy) is 1. The SMILES string of the molecule is C1=NCC(Cc2c[nH]c3ncccc23)O1. The molecule has 1 aliphatic heterocycles. The lowest BCUT2D eigenvalue weighted by atomic mass is 10.1. The van der Waals surface area contributed by atoms with Gasteiger partial charge in [-0.2, -0.15) is 0 Å². The number of fused-ring (bicyclic) bond motifs is 1. The van der Waals surface area contributed by atoms with Crippen LogP contribution in [0.1, 0.15) is 5.56 Å². The minimum Gasteiger partial charge on any atom is -0.478 e. The molecule has 1 aliphatic rings. The topological polar surface area (TPSA) is 50.3 Å². The van der Waals surface area contributed by atoms with E-state index < -0.39 is 0 Å². The highest BCUT2D eigenvalue weighted by atomic mass is 16.5. The lowest BCUT2D eigenvalue weighted by molar-refractivity contribution is 0.235. The average Bonchev–Trinajstić information content (AvgIpc) is 2.89. The molecule has 1 atom stereocenters. The smallest absolute Gasteiger partial charge is 0.170 e. The van der Waals surface area contributed by atoms with Gasteiger partial charge in [-0.1, -0.05) is 0 Å². The van der Waals surface area contributed by atoms with Gasteiger partial charge in [0.1, 0.15) is 11.8 Å². The third kappa shape index (κ3) is 1.48. The van der Waals surface area contributed by atoms with Crippen LogP contribution >= 0.6 is 0 Å². The maximum absolute atomic E-state index is 5.35. The predicted octanol–water partition coefficient (Wildman–Crippen LogP) is 1.53. The van der Waals surface area contributed by atoms with E-state index in [1.54, 1.807) is 6.20 Å². The van der Waals surface area contributed by atoms with Crippen LogP contribution in [-0.4, -0.2) is 29.0 Å². The summed E-state index contributed by atoms with van der Waals surface area (Å²) in [7, 11) is 0. The third-order valence-electron chi connectivity index (χ3n) is 2.62. The van der Waals surface area contributed by atoms with Crippen LogP contribution in [0.2, 0.25) is 0 Å². The standard InChI is InChI=1S/C11H11N3O/c1-2-10-8(4-9-6-12-7-15-9)5-14-11(10)13-3-1/h1-3,5,7,9H,4,6H2,(H,13,14). The van der Waals surface area contributed by atoms with E-state index in [0.29, 0.717) is 0 Å². The molecule has 0 spiro atoms. The van der Waals surface area contributed by atoms with Crippen LogP contribution in [0.15, 0.2) is 29.5 Å². The van der Waals surface area contributed by atoms with Gasteiger partial charge >= 0.3 is 0 Å². The molecule has 2 aromatic heterocycles. The molecule has 0 radical (unpaired) electrons. The van der Waals surface area contributed by atoms with Gasteiger partial charge in [-0.3, -0.25) is 4.99 Å². The molecule has 0 aliphatic carbocycles. The summed E-state index contributed by atoms with van der Waals surface area (Å²) in [5, 5.41) is 1.17. The van der Waals surface area contributed by atoms with E-state index in [4.69, 9.17) is 4.74 Å². The summed E-state index contributed by atoms with van der Waals surface area (Å²) in [5.41, 5.74) is 2.18. The first-order valence-corrected chi connectivity index (χ1v) is 4.98. The van der Waals surface area contributed by atoms with E-state index in [-0.39, 0.29) is 6.10 Å². The molecule has 3 heterocycles. The van der Waals surface area contributed by atoms with Gasteiger partial charge in [0.25, 0.3) is 0 Å². The summed E-state index contributed by atoms with van der Waals surface area (Å²) in [6.45, 7) is 0.757. The Balaban J connectivity index is 1.90. The molecule has 0 bridgehead atoms. The van der Waals surface area contributed by atoms with Gasteiger partial charge in [-0.25, -0.2) is 4.98 Å². The number of pyridine rings is 1. The first kappa shape index (κ1) is 8.47. The Morgan fingerprint density at radius 2 is 2.53 bits per heavy atom. The van der Waals surface area contributed by atoms with Crippen molar-refractivity contribution in [2.75, 3.05) is 6.54 Å². The number of aliphatic imine (C=N–C) groups is 1.